The fraction of sp³-hybridized carbons (Fsp3) is 0.828. The minimum Gasteiger partial charge on any atom is -0.376 e. The first-order valence-corrected chi connectivity index (χ1v) is 15.3. The highest BCUT2D eigenvalue weighted by Crippen LogP contribution is 2.16. The number of primary amides is 1. The highest BCUT2D eigenvalue weighted by molar-refractivity contribution is 5.90. The maximum Gasteiger partial charge on any atom is 0.245 e. The van der Waals surface area contributed by atoms with Gasteiger partial charge in [0.25, 0.3) is 0 Å². The molecule has 0 spiro atoms. The van der Waals surface area contributed by atoms with Crippen molar-refractivity contribution in [3.63, 3.8) is 0 Å². The van der Waals surface area contributed by atoms with Gasteiger partial charge in [0.1, 0.15) is 12.1 Å². The molecule has 3 atom stereocenters. The maximum absolute atomic E-state index is 13.6. The first-order valence-electron chi connectivity index (χ1n) is 15.3. The smallest absolute Gasteiger partial charge is 0.245 e. The zero-order valence-electron chi connectivity index (χ0n) is 24.3. The van der Waals surface area contributed by atoms with Gasteiger partial charge in [-0.15, -0.1) is 0 Å². The summed E-state index contributed by atoms with van der Waals surface area (Å²) < 4.78 is 5.75. The van der Waals surface area contributed by atoms with Crippen LogP contribution in [0.5, 0.6) is 0 Å². The highest BCUT2D eigenvalue weighted by atomic mass is 16.5. The maximum atomic E-state index is 13.6. The summed E-state index contributed by atoms with van der Waals surface area (Å²) in [6.07, 6.45) is 10.9. The standard InChI is InChI=1S/C29H51N5O6/c1-2-19-34(21-22-12-11-20-40-22)29(39)24-15-17-27(37)32-23(14-16-25(30)35)28(38)31-18-10-8-6-4-3-5-7-9-13-26(36)33-24/h22-24H,2-21H2,1H3,(H2,30,35)(H,31,38)(H,32,37)(H,33,36)/t22?,23-,24-/m0/s1. The summed E-state index contributed by atoms with van der Waals surface area (Å²) in [7, 11) is 0. The summed E-state index contributed by atoms with van der Waals surface area (Å²) in [5.41, 5.74) is 5.28. The van der Waals surface area contributed by atoms with E-state index >= 15 is 0 Å². The quantitative estimate of drug-likeness (QED) is 0.352. The number of nitrogens with zero attached hydrogens (tertiary/aromatic N) is 1. The lowest BCUT2D eigenvalue weighted by molar-refractivity contribution is -0.138. The average molecular weight is 566 g/mol. The number of hydrogen-bond donors (Lipinski definition) is 4. The molecule has 11 nitrogen and oxygen atoms in total. The van der Waals surface area contributed by atoms with E-state index in [0.717, 1.165) is 70.6 Å². The summed E-state index contributed by atoms with van der Waals surface area (Å²) in [5.74, 6) is -1.74. The largest absolute Gasteiger partial charge is 0.376 e. The molecule has 11 heteroatoms. The minimum absolute atomic E-state index is 0.0217. The Balaban J connectivity index is 2.13. The molecular weight excluding hydrogens is 514 g/mol. The zero-order chi connectivity index (χ0) is 29.2. The van der Waals surface area contributed by atoms with E-state index in [1.54, 1.807) is 4.90 Å². The van der Waals surface area contributed by atoms with Gasteiger partial charge in [-0.25, -0.2) is 0 Å². The van der Waals surface area contributed by atoms with Crippen molar-refractivity contribution in [2.24, 2.45) is 5.73 Å². The molecule has 5 amide bonds. The van der Waals surface area contributed by atoms with Crippen molar-refractivity contribution in [1.29, 1.82) is 0 Å². The van der Waals surface area contributed by atoms with Crippen LogP contribution in [0.3, 0.4) is 0 Å². The van der Waals surface area contributed by atoms with E-state index in [0.29, 0.717) is 32.7 Å². The van der Waals surface area contributed by atoms with Crippen LogP contribution in [0.25, 0.3) is 0 Å². The summed E-state index contributed by atoms with van der Waals surface area (Å²) in [4.78, 5) is 65.2. The van der Waals surface area contributed by atoms with Gasteiger partial charge in [0, 0.05) is 45.5 Å². The van der Waals surface area contributed by atoms with E-state index in [9.17, 15) is 24.0 Å². The summed E-state index contributed by atoms with van der Waals surface area (Å²) in [5, 5.41) is 8.46. The SMILES string of the molecule is CCCN(CC1CCCO1)C(=O)[C@@H]1CCC(=O)N[C@@H](CCC(N)=O)C(=O)NCCCCCCCCCCC(=O)N1. The molecule has 0 aromatic heterocycles. The number of amides is 5. The Morgan fingerprint density at radius 3 is 2.23 bits per heavy atom. The van der Waals surface area contributed by atoms with Gasteiger partial charge >= 0.3 is 0 Å². The topological polar surface area (TPSA) is 160 Å². The molecule has 2 aliphatic rings. The number of hydrogen-bond acceptors (Lipinski definition) is 6. The molecule has 40 heavy (non-hydrogen) atoms. The fourth-order valence-corrected chi connectivity index (χ4v) is 5.24. The lowest BCUT2D eigenvalue weighted by Gasteiger charge is -2.29. The van der Waals surface area contributed by atoms with E-state index in [-0.39, 0.29) is 49.5 Å². The molecule has 228 valence electrons. The number of ether oxygens (including phenoxy) is 1. The van der Waals surface area contributed by atoms with Gasteiger partial charge in [-0.2, -0.15) is 0 Å². The van der Waals surface area contributed by atoms with Crippen LogP contribution in [-0.2, 0) is 28.7 Å². The van der Waals surface area contributed by atoms with Crippen LogP contribution < -0.4 is 21.7 Å². The van der Waals surface area contributed by atoms with E-state index in [2.05, 4.69) is 16.0 Å². The van der Waals surface area contributed by atoms with Crippen molar-refractivity contribution in [1.82, 2.24) is 20.9 Å². The Morgan fingerprint density at radius 2 is 1.57 bits per heavy atom. The van der Waals surface area contributed by atoms with E-state index in [4.69, 9.17) is 10.5 Å². The third-order valence-electron chi connectivity index (χ3n) is 7.51. The first-order chi connectivity index (χ1) is 19.3. The Morgan fingerprint density at radius 1 is 0.900 bits per heavy atom. The molecule has 2 heterocycles. The molecule has 5 N–H and O–H groups in total. The Labute approximate surface area is 239 Å². The number of carbonyl (C=O) groups is 5. The van der Waals surface area contributed by atoms with Crippen LogP contribution in [0, 0.1) is 0 Å². The molecule has 0 aliphatic carbocycles. The van der Waals surface area contributed by atoms with Gasteiger partial charge in [-0.3, -0.25) is 24.0 Å². The molecule has 0 saturated carbocycles. The van der Waals surface area contributed by atoms with E-state index in [1.165, 1.54) is 0 Å². The summed E-state index contributed by atoms with van der Waals surface area (Å²) >= 11 is 0. The van der Waals surface area contributed by atoms with Crippen molar-refractivity contribution >= 4 is 29.5 Å². The number of carbonyl (C=O) groups excluding carboxylic acids is 5. The molecular formula is C29H51N5O6. The predicted molar refractivity (Wildman–Crippen MR) is 152 cm³/mol. The minimum atomic E-state index is -0.898. The van der Waals surface area contributed by atoms with Gasteiger partial charge in [0.05, 0.1) is 6.10 Å². The second kappa shape index (κ2) is 19.4. The highest BCUT2D eigenvalue weighted by Gasteiger charge is 2.30. The van der Waals surface area contributed by atoms with E-state index in [1.807, 2.05) is 6.92 Å². The Bertz CT molecular complexity index is 817. The van der Waals surface area contributed by atoms with Gasteiger partial charge < -0.3 is 31.3 Å². The molecule has 2 fully saturated rings. The average Bonchev–Trinajstić information content (AvgIpc) is 3.43. The second-order valence-corrected chi connectivity index (χ2v) is 11.1. The second-order valence-electron chi connectivity index (χ2n) is 11.1. The molecule has 2 aliphatic heterocycles. The Hall–Kier alpha value is -2.69. The lowest BCUT2D eigenvalue weighted by atomic mass is 10.0. The van der Waals surface area contributed by atoms with E-state index < -0.39 is 23.9 Å². The van der Waals surface area contributed by atoms with Gasteiger partial charge in [0.15, 0.2) is 0 Å². The molecule has 2 saturated heterocycles. The van der Waals surface area contributed by atoms with Crippen LogP contribution in [0.15, 0.2) is 0 Å². The fourth-order valence-electron chi connectivity index (χ4n) is 5.24. The van der Waals surface area contributed by atoms with Gasteiger partial charge in [-0.05, 0) is 44.9 Å². The number of rotatable bonds is 8. The van der Waals surface area contributed by atoms with Crippen molar-refractivity contribution < 1.29 is 28.7 Å². The summed E-state index contributed by atoms with van der Waals surface area (Å²) in [6.45, 7) is 4.17. The zero-order valence-corrected chi connectivity index (χ0v) is 24.3. The van der Waals surface area contributed by atoms with Crippen molar-refractivity contribution in [3.8, 4) is 0 Å². The number of nitrogens with two attached hydrogens (primary N) is 1. The first kappa shape index (κ1) is 33.5. The van der Waals surface area contributed by atoms with Gasteiger partial charge in [-0.1, -0.05) is 45.4 Å². The van der Waals surface area contributed by atoms with Crippen LogP contribution >= 0.6 is 0 Å². The van der Waals surface area contributed by atoms with Gasteiger partial charge in [0.2, 0.25) is 29.5 Å². The van der Waals surface area contributed by atoms with Crippen LogP contribution in [0.1, 0.15) is 110 Å². The Kier molecular flexibility index (Phi) is 16.3. The summed E-state index contributed by atoms with van der Waals surface area (Å²) in [6, 6.07) is -1.75. The lowest BCUT2D eigenvalue weighted by Crippen LogP contribution is -2.51. The third-order valence-corrected chi connectivity index (χ3v) is 7.51. The van der Waals surface area contributed by atoms with Crippen molar-refractivity contribution in [3.05, 3.63) is 0 Å². The monoisotopic (exact) mass is 565 g/mol. The third kappa shape index (κ3) is 13.6. The van der Waals surface area contributed by atoms with Crippen LogP contribution in [-0.4, -0.2) is 78.9 Å². The predicted octanol–water partition coefficient (Wildman–Crippen LogP) is 2.06. The molecule has 0 radical (unpaired) electrons. The molecule has 0 aromatic carbocycles. The normalized spacial score (nSPS) is 24.8. The molecule has 1 unspecified atom stereocenters. The van der Waals surface area contributed by atoms with Crippen molar-refractivity contribution in [2.45, 2.75) is 128 Å². The molecule has 0 bridgehead atoms. The molecule has 0 aromatic rings. The van der Waals surface area contributed by atoms with Crippen LogP contribution in [0.4, 0.5) is 0 Å². The van der Waals surface area contributed by atoms with Crippen molar-refractivity contribution in [2.75, 3.05) is 26.2 Å². The molecule has 2 rings (SSSR count). The number of nitrogens with one attached hydrogen (secondary N) is 3. The van der Waals surface area contributed by atoms with Crippen LogP contribution in [0.2, 0.25) is 0 Å².